The Balaban J connectivity index is 0.000000605. The summed E-state index contributed by atoms with van der Waals surface area (Å²) in [4.78, 5) is 4.08. The Bertz CT molecular complexity index is 360. The van der Waals surface area contributed by atoms with E-state index in [0.29, 0.717) is 5.02 Å². The van der Waals surface area contributed by atoms with Gasteiger partial charge in [-0.2, -0.15) is 41.1 Å². The topological polar surface area (TPSA) is 12.9 Å². The van der Waals surface area contributed by atoms with Crippen LogP contribution in [0, 0.1) is 6.07 Å². The van der Waals surface area contributed by atoms with Crippen molar-refractivity contribution in [1.82, 2.24) is 4.98 Å². The molecule has 0 aliphatic rings. The van der Waals surface area contributed by atoms with E-state index in [1.54, 1.807) is 22.9 Å². The van der Waals surface area contributed by atoms with Crippen molar-refractivity contribution in [2.75, 3.05) is 0 Å². The summed E-state index contributed by atoms with van der Waals surface area (Å²) in [5.41, 5.74) is 2.66. The fourth-order valence-electron chi connectivity index (χ4n) is 0.796. The fourth-order valence-corrected chi connectivity index (χ4v) is 1.75. The zero-order valence-electron chi connectivity index (χ0n) is 5.54. The van der Waals surface area contributed by atoms with Gasteiger partial charge in [0.2, 0.25) is 0 Å². The maximum absolute atomic E-state index is 5.81. The van der Waals surface area contributed by atoms with Gasteiger partial charge in [0.15, 0.2) is 0 Å². The number of halogens is 1. The number of thiazole rings is 1. The van der Waals surface area contributed by atoms with Gasteiger partial charge in [-0.15, -0.1) is 0 Å². The van der Waals surface area contributed by atoms with E-state index < -0.39 is 0 Å². The molecular formula is C7H3ClNSY-. The minimum atomic E-state index is 0. The van der Waals surface area contributed by atoms with Crippen molar-refractivity contribution in [3.63, 3.8) is 0 Å². The van der Waals surface area contributed by atoms with Crippen LogP contribution in [0.15, 0.2) is 17.6 Å². The van der Waals surface area contributed by atoms with Crippen molar-refractivity contribution in [1.29, 1.82) is 0 Å². The third-order valence-corrected chi connectivity index (χ3v) is 2.31. The number of nitrogens with zero attached hydrogens (tertiary/aromatic N) is 1. The van der Waals surface area contributed by atoms with E-state index in [1.165, 1.54) is 0 Å². The van der Waals surface area contributed by atoms with E-state index in [9.17, 15) is 0 Å². The molecular weight excluding hydrogens is 255 g/mol. The largest absolute Gasteiger partial charge is 0.271 e. The Morgan fingerprint density at radius 1 is 1.45 bits per heavy atom. The van der Waals surface area contributed by atoms with Gasteiger partial charge in [-0.3, -0.25) is 4.98 Å². The molecule has 1 radical (unpaired) electrons. The third-order valence-electron chi connectivity index (χ3n) is 1.25. The molecule has 0 aliphatic heterocycles. The first-order valence-electron chi connectivity index (χ1n) is 2.77. The van der Waals surface area contributed by atoms with Crippen LogP contribution >= 0.6 is 22.9 Å². The van der Waals surface area contributed by atoms with Crippen molar-refractivity contribution in [2.45, 2.75) is 0 Å². The summed E-state index contributed by atoms with van der Waals surface area (Å²) in [5, 5.41) is 0.679. The standard InChI is InChI=1S/C7H3ClNS.Y/c8-5-2-1-3-6-7(5)9-4-10-6;/h2-4H;/q-1;. The number of hydrogen-bond acceptors (Lipinski definition) is 2. The van der Waals surface area contributed by atoms with Crippen LogP contribution in [0.25, 0.3) is 10.2 Å². The molecule has 1 nitrogen and oxygen atoms in total. The van der Waals surface area contributed by atoms with E-state index in [1.807, 2.05) is 6.07 Å². The molecule has 2 aromatic rings. The molecule has 0 amide bonds. The van der Waals surface area contributed by atoms with Crippen molar-refractivity contribution in [2.24, 2.45) is 0 Å². The van der Waals surface area contributed by atoms with Crippen LogP contribution < -0.4 is 0 Å². The summed E-state index contributed by atoms with van der Waals surface area (Å²) in [5.74, 6) is 0. The molecule has 0 bridgehead atoms. The van der Waals surface area contributed by atoms with Crippen molar-refractivity contribution < 1.29 is 32.7 Å². The van der Waals surface area contributed by atoms with Crippen LogP contribution in [0.5, 0.6) is 0 Å². The van der Waals surface area contributed by atoms with Crippen LogP contribution in [-0.4, -0.2) is 4.98 Å². The molecule has 0 unspecified atom stereocenters. The van der Waals surface area contributed by atoms with E-state index in [4.69, 9.17) is 11.6 Å². The van der Waals surface area contributed by atoms with Gasteiger partial charge in [-0.05, 0) is 10.5 Å². The quantitative estimate of drug-likeness (QED) is 0.661. The molecule has 0 spiro atoms. The molecule has 0 saturated carbocycles. The average Bonchev–Trinajstić information content (AvgIpc) is 2.36. The van der Waals surface area contributed by atoms with Gasteiger partial charge >= 0.3 is 0 Å². The summed E-state index contributed by atoms with van der Waals surface area (Å²) in [6.07, 6.45) is 0. The first kappa shape index (κ1) is 9.59. The molecule has 0 atom stereocenters. The molecule has 0 saturated heterocycles. The Hall–Kier alpha value is 0.504. The Kier molecular flexibility index (Phi) is 3.44. The first-order valence-corrected chi connectivity index (χ1v) is 4.02. The molecule has 11 heavy (non-hydrogen) atoms. The maximum atomic E-state index is 5.81. The average molecular weight is 258 g/mol. The number of rotatable bonds is 0. The predicted octanol–water partition coefficient (Wildman–Crippen LogP) is 2.75. The van der Waals surface area contributed by atoms with Crippen molar-refractivity contribution in [3.05, 3.63) is 28.7 Å². The molecule has 0 aliphatic carbocycles. The third kappa shape index (κ3) is 1.81. The Labute approximate surface area is 98.7 Å². The summed E-state index contributed by atoms with van der Waals surface area (Å²) in [7, 11) is 0. The minimum Gasteiger partial charge on any atom is -0.271 e. The van der Waals surface area contributed by atoms with Crippen molar-refractivity contribution >= 4 is 33.2 Å². The zero-order chi connectivity index (χ0) is 6.97. The predicted molar refractivity (Wildman–Crippen MR) is 43.5 cm³/mol. The fraction of sp³-hybridized carbons (Fsp3) is 0. The smallest absolute Gasteiger partial charge is 0.0658 e. The second-order valence-electron chi connectivity index (χ2n) is 1.87. The summed E-state index contributed by atoms with van der Waals surface area (Å²) in [6, 6.07) is 6.54. The van der Waals surface area contributed by atoms with Crippen LogP contribution in [0.3, 0.4) is 0 Å². The molecule has 53 valence electrons. The molecule has 0 N–H and O–H groups in total. The van der Waals surface area contributed by atoms with Gasteiger partial charge in [0, 0.05) is 32.7 Å². The maximum Gasteiger partial charge on any atom is 0.0658 e. The molecule has 0 fully saturated rings. The zero-order valence-corrected chi connectivity index (χ0v) is 9.95. The van der Waals surface area contributed by atoms with Gasteiger partial charge in [0.05, 0.1) is 5.51 Å². The van der Waals surface area contributed by atoms with Crippen LogP contribution in [0.4, 0.5) is 0 Å². The number of fused-ring (bicyclic) bond motifs is 1. The molecule has 4 heteroatoms. The van der Waals surface area contributed by atoms with Crippen LogP contribution in [0.1, 0.15) is 0 Å². The Morgan fingerprint density at radius 3 is 3.00 bits per heavy atom. The molecule has 1 aromatic heterocycles. The van der Waals surface area contributed by atoms with E-state index in [0.717, 1.165) is 10.2 Å². The number of aromatic nitrogens is 1. The summed E-state index contributed by atoms with van der Waals surface area (Å²) >= 11 is 7.39. The molecule has 1 heterocycles. The van der Waals surface area contributed by atoms with E-state index in [2.05, 4.69) is 11.1 Å². The van der Waals surface area contributed by atoms with Crippen molar-refractivity contribution in [3.8, 4) is 0 Å². The Morgan fingerprint density at radius 2 is 2.27 bits per heavy atom. The SMILES string of the molecule is Clc1c[c-]cc2scnc12.[Y]. The molecule has 1 aromatic carbocycles. The minimum absolute atomic E-state index is 0. The van der Waals surface area contributed by atoms with E-state index in [-0.39, 0.29) is 32.7 Å². The van der Waals surface area contributed by atoms with Crippen LogP contribution in [0.2, 0.25) is 5.02 Å². The second kappa shape index (κ2) is 3.95. The number of hydrogen-bond donors (Lipinski definition) is 0. The van der Waals surface area contributed by atoms with Gasteiger partial charge in [0.25, 0.3) is 0 Å². The summed E-state index contributed by atoms with van der Waals surface area (Å²) < 4.78 is 1.09. The van der Waals surface area contributed by atoms with Gasteiger partial charge in [0.1, 0.15) is 0 Å². The first-order chi connectivity index (χ1) is 4.88. The number of benzene rings is 1. The van der Waals surface area contributed by atoms with Gasteiger partial charge < -0.3 is 0 Å². The monoisotopic (exact) mass is 257 g/mol. The van der Waals surface area contributed by atoms with E-state index >= 15 is 0 Å². The van der Waals surface area contributed by atoms with Crippen LogP contribution in [-0.2, 0) is 32.7 Å². The molecule has 2 rings (SSSR count). The normalized spacial score (nSPS) is 9.55. The van der Waals surface area contributed by atoms with Gasteiger partial charge in [-0.1, -0.05) is 4.70 Å². The second-order valence-corrected chi connectivity index (χ2v) is 3.16. The van der Waals surface area contributed by atoms with Gasteiger partial charge in [-0.25, -0.2) is 0 Å². The summed E-state index contributed by atoms with van der Waals surface area (Å²) in [6.45, 7) is 0.